The Hall–Kier alpha value is -3.76. The maximum Gasteiger partial charge on any atom is 0.263 e. The maximum atomic E-state index is 13.2. The van der Waals surface area contributed by atoms with Crippen LogP contribution >= 0.6 is 11.6 Å². The van der Waals surface area contributed by atoms with E-state index in [9.17, 15) is 13.5 Å². The number of sulfonamides is 1. The summed E-state index contributed by atoms with van der Waals surface area (Å²) in [4.78, 5) is 16.5. The summed E-state index contributed by atoms with van der Waals surface area (Å²) in [5.41, 5.74) is 0.817. The van der Waals surface area contributed by atoms with Gasteiger partial charge in [0, 0.05) is 12.4 Å². The summed E-state index contributed by atoms with van der Waals surface area (Å²) in [5.74, 6) is -1.05. The number of hydrogen-bond acceptors (Lipinski definition) is 8. The first-order valence-corrected chi connectivity index (χ1v) is 12.2. The molecular formula is C24H24ClN5O4S. The lowest BCUT2D eigenvalue weighted by molar-refractivity contribution is 0.339. The van der Waals surface area contributed by atoms with Gasteiger partial charge in [-0.15, -0.1) is 0 Å². The molecule has 2 aromatic heterocycles. The predicted molar refractivity (Wildman–Crippen MR) is 135 cm³/mol. The van der Waals surface area contributed by atoms with E-state index in [-0.39, 0.29) is 44.4 Å². The van der Waals surface area contributed by atoms with Crippen molar-refractivity contribution in [2.24, 2.45) is 0 Å². The number of ether oxygens (including phenoxy) is 1. The average molecular weight is 514 g/mol. The molecule has 0 radical (unpaired) electrons. The highest BCUT2D eigenvalue weighted by Gasteiger charge is 2.25. The van der Waals surface area contributed by atoms with Gasteiger partial charge in [0.05, 0.1) is 4.90 Å². The number of aliphatic hydroxyl groups is 1. The van der Waals surface area contributed by atoms with Gasteiger partial charge in [0.25, 0.3) is 10.0 Å². The molecule has 3 rings (SSSR count). The Balaban J connectivity index is 2.11. The molecule has 0 spiro atoms. The van der Waals surface area contributed by atoms with Gasteiger partial charge in [0.1, 0.15) is 0 Å². The Kier molecular flexibility index (Phi) is 7.57. The van der Waals surface area contributed by atoms with Crippen LogP contribution in [0.3, 0.4) is 0 Å². The molecule has 0 bridgehead atoms. The summed E-state index contributed by atoms with van der Waals surface area (Å²) in [5, 5.41) is 9.59. The molecule has 1 aromatic carbocycles. The van der Waals surface area contributed by atoms with Gasteiger partial charge in [-0.05, 0) is 35.3 Å². The van der Waals surface area contributed by atoms with Crippen LogP contribution in [-0.4, -0.2) is 33.5 Å². The van der Waals surface area contributed by atoms with E-state index in [1.54, 1.807) is 18.2 Å². The van der Waals surface area contributed by atoms with E-state index in [1.165, 1.54) is 36.7 Å². The minimum Gasteiger partial charge on any atom is -0.505 e. The maximum absolute atomic E-state index is 13.2. The molecule has 0 saturated heterocycles. The molecule has 182 valence electrons. The number of aliphatic hydroxyl groups excluding tert-OH is 1. The molecule has 3 aromatic rings. The molecule has 11 heteroatoms. The first-order valence-electron chi connectivity index (χ1n) is 10.3. The highest BCUT2D eigenvalue weighted by Crippen LogP contribution is 2.35. The Bertz CT molecular complexity index is 1380. The topological polar surface area (TPSA) is 127 Å². The van der Waals surface area contributed by atoms with E-state index in [0.29, 0.717) is 0 Å². The lowest BCUT2D eigenvalue weighted by atomic mass is 9.87. The Labute approximate surface area is 209 Å². The van der Waals surface area contributed by atoms with Crippen molar-refractivity contribution >= 4 is 27.4 Å². The summed E-state index contributed by atoms with van der Waals surface area (Å²) in [6.07, 6.45) is 5.62. The molecule has 0 unspecified atom stereocenters. The molecule has 0 aliphatic carbocycles. The van der Waals surface area contributed by atoms with Crippen LogP contribution in [0.25, 0.3) is 11.6 Å². The van der Waals surface area contributed by atoms with Crippen molar-refractivity contribution in [3.8, 4) is 17.4 Å². The molecule has 0 amide bonds. The second kappa shape index (κ2) is 10.2. The number of benzene rings is 1. The van der Waals surface area contributed by atoms with E-state index in [4.69, 9.17) is 16.3 Å². The van der Waals surface area contributed by atoms with E-state index in [1.807, 2.05) is 20.8 Å². The van der Waals surface area contributed by atoms with Crippen molar-refractivity contribution in [3.63, 3.8) is 0 Å². The van der Waals surface area contributed by atoms with E-state index < -0.39 is 15.8 Å². The van der Waals surface area contributed by atoms with Crippen molar-refractivity contribution in [3.05, 3.63) is 90.3 Å². The summed E-state index contributed by atoms with van der Waals surface area (Å²) in [6, 6.07) is 8.07. The number of halogens is 1. The van der Waals surface area contributed by atoms with Crippen LogP contribution < -0.4 is 9.46 Å². The largest absolute Gasteiger partial charge is 0.505 e. The highest BCUT2D eigenvalue weighted by molar-refractivity contribution is 7.92. The van der Waals surface area contributed by atoms with Gasteiger partial charge in [-0.1, -0.05) is 63.7 Å². The Morgan fingerprint density at radius 2 is 1.74 bits per heavy atom. The number of nitrogens with one attached hydrogen (secondary N) is 1. The van der Waals surface area contributed by atoms with Crippen LogP contribution in [0.4, 0.5) is 5.82 Å². The van der Waals surface area contributed by atoms with Crippen LogP contribution in [0.2, 0.25) is 5.15 Å². The lowest BCUT2D eigenvalue weighted by Crippen LogP contribution is -2.17. The first kappa shape index (κ1) is 25.9. The predicted octanol–water partition coefficient (Wildman–Crippen LogP) is 5.21. The number of nitrogens with zero attached hydrogens (tertiary/aromatic N) is 4. The fraction of sp³-hybridized carbons (Fsp3) is 0.167. The van der Waals surface area contributed by atoms with Gasteiger partial charge in [0.2, 0.25) is 11.6 Å². The Morgan fingerprint density at radius 1 is 1.11 bits per heavy atom. The van der Waals surface area contributed by atoms with Crippen molar-refractivity contribution < 1.29 is 18.3 Å². The Morgan fingerprint density at radius 3 is 2.29 bits per heavy atom. The molecule has 0 aliphatic heterocycles. The monoisotopic (exact) mass is 513 g/mol. The average Bonchev–Trinajstić information content (AvgIpc) is 2.80. The van der Waals surface area contributed by atoms with E-state index in [2.05, 4.69) is 37.8 Å². The van der Waals surface area contributed by atoms with Crippen LogP contribution in [0.15, 0.2) is 84.4 Å². The number of rotatable bonds is 8. The zero-order valence-corrected chi connectivity index (χ0v) is 20.9. The summed E-state index contributed by atoms with van der Waals surface area (Å²) < 4.78 is 34.5. The van der Waals surface area contributed by atoms with E-state index in [0.717, 1.165) is 5.56 Å². The zero-order chi connectivity index (χ0) is 25.8. The molecule has 0 aliphatic rings. The molecule has 0 atom stereocenters. The molecule has 9 nitrogen and oxygen atoms in total. The summed E-state index contributed by atoms with van der Waals surface area (Å²) in [7, 11) is -4.13. The van der Waals surface area contributed by atoms with Gasteiger partial charge in [-0.2, -0.15) is 0 Å². The molecule has 0 fully saturated rings. The van der Waals surface area contributed by atoms with Gasteiger partial charge in [-0.25, -0.2) is 28.4 Å². The number of hydrogen-bond donors (Lipinski definition) is 2. The van der Waals surface area contributed by atoms with Gasteiger partial charge >= 0.3 is 0 Å². The fourth-order valence-corrected chi connectivity index (χ4v) is 4.04. The minimum absolute atomic E-state index is 0.00267. The van der Waals surface area contributed by atoms with Crippen molar-refractivity contribution in [1.82, 2.24) is 19.9 Å². The minimum atomic E-state index is -4.13. The van der Waals surface area contributed by atoms with Crippen LogP contribution in [0.5, 0.6) is 5.75 Å². The number of allylic oxidation sites excluding steroid dienone is 2. The first-order chi connectivity index (χ1) is 16.4. The molecule has 2 N–H and O–H groups in total. The van der Waals surface area contributed by atoms with Gasteiger partial charge in [-0.3, -0.25) is 4.72 Å². The molecule has 0 saturated carbocycles. The summed E-state index contributed by atoms with van der Waals surface area (Å²) >= 11 is 6.35. The second-order valence-electron chi connectivity index (χ2n) is 8.28. The zero-order valence-electron chi connectivity index (χ0n) is 19.4. The third-order valence-electron chi connectivity index (χ3n) is 4.62. The number of anilines is 1. The van der Waals surface area contributed by atoms with Crippen LogP contribution in [0, 0.1) is 0 Å². The SMILES string of the molecule is C=C/C=C(/Oc1c(Cl)nc(-c2ncccn2)nc1NS(=O)(=O)c1ccc(C(C)(C)C)cc1)C(=C)O. The van der Waals surface area contributed by atoms with Gasteiger partial charge in [0.15, 0.2) is 28.3 Å². The third-order valence-corrected chi connectivity index (χ3v) is 6.23. The molecule has 2 heterocycles. The standard InChI is InChI=1S/C24H24ClN5O4S/c1-6-8-18(15(2)31)34-19-20(25)28-23(22-26-13-7-14-27-22)29-21(19)30-35(32,33)17-11-9-16(10-12-17)24(3,4)5/h6-14,31H,1-2H2,3-5H3,(H,28,29,30)/b18-8+. The van der Waals surface area contributed by atoms with E-state index >= 15 is 0 Å². The second-order valence-corrected chi connectivity index (χ2v) is 10.3. The molecular weight excluding hydrogens is 490 g/mol. The van der Waals surface area contributed by atoms with Crippen molar-refractivity contribution in [1.29, 1.82) is 0 Å². The van der Waals surface area contributed by atoms with Crippen molar-refractivity contribution in [2.75, 3.05) is 4.72 Å². The van der Waals surface area contributed by atoms with Gasteiger partial charge < -0.3 is 9.84 Å². The lowest BCUT2D eigenvalue weighted by Gasteiger charge is -2.19. The number of aromatic nitrogens is 4. The third kappa shape index (κ3) is 6.23. The van der Waals surface area contributed by atoms with Crippen LogP contribution in [0.1, 0.15) is 26.3 Å². The normalized spacial score (nSPS) is 12.2. The van der Waals surface area contributed by atoms with Crippen molar-refractivity contribution in [2.45, 2.75) is 31.1 Å². The summed E-state index contributed by atoms with van der Waals surface area (Å²) in [6.45, 7) is 13.0. The fourth-order valence-electron chi connectivity index (χ4n) is 2.82. The van der Waals surface area contributed by atoms with Crippen LogP contribution in [-0.2, 0) is 15.4 Å². The quantitative estimate of drug-likeness (QED) is 0.239. The molecule has 35 heavy (non-hydrogen) atoms. The smallest absolute Gasteiger partial charge is 0.263 e. The highest BCUT2D eigenvalue weighted by atomic mass is 35.5.